The molecule has 2 aromatic rings. The monoisotopic (exact) mass is 329 g/mol. The minimum Gasteiger partial charge on any atom is -0.370 e. The predicted octanol–water partition coefficient (Wildman–Crippen LogP) is 1.40. The van der Waals surface area contributed by atoms with Gasteiger partial charge in [-0.3, -0.25) is 4.68 Å². The maximum absolute atomic E-state index is 4.57. The summed E-state index contributed by atoms with van der Waals surface area (Å²) in [6.45, 7) is 6.34. The molecule has 7 heteroatoms. The SMILES string of the molecule is CCNC(=NCc1ncnn1C)NCC(C)N(C)c1ccccc1. The smallest absolute Gasteiger partial charge is 0.191 e. The molecule has 0 saturated carbocycles. The van der Waals surface area contributed by atoms with Crippen molar-refractivity contribution in [2.75, 3.05) is 25.0 Å². The van der Waals surface area contributed by atoms with Crippen LogP contribution in [0.1, 0.15) is 19.7 Å². The molecule has 1 aromatic carbocycles. The highest BCUT2D eigenvalue weighted by molar-refractivity contribution is 5.79. The number of rotatable bonds is 7. The molecular weight excluding hydrogens is 302 g/mol. The fourth-order valence-electron chi connectivity index (χ4n) is 2.25. The maximum atomic E-state index is 4.57. The zero-order chi connectivity index (χ0) is 17.4. The van der Waals surface area contributed by atoms with E-state index in [-0.39, 0.29) is 0 Å². The van der Waals surface area contributed by atoms with Crippen molar-refractivity contribution in [1.29, 1.82) is 0 Å². The molecule has 0 bridgehead atoms. The Bertz CT molecular complexity index is 635. The lowest BCUT2D eigenvalue weighted by Gasteiger charge is -2.27. The molecule has 7 nitrogen and oxygen atoms in total. The third-order valence-electron chi connectivity index (χ3n) is 3.92. The Morgan fingerprint density at radius 3 is 2.67 bits per heavy atom. The molecule has 0 saturated heterocycles. The van der Waals surface area contributed by atoms with Crippen molar-refractivity contribution in [3.8, 4) is 0 Å². The third-order valence-corrected chi connectivity index (χ3v) is 3.92. The minimum absolute atomic E-state index is 0.325. The van der Waals surface area contributed by atoms with Crippen LogP contribution in [0.5, 0.6) is 0 Å². The van der Waals surface area contributed by atoms with Crippen molar-refractivity contribution in [3.63, 3.8) is 0 Å². The standard InChI is InChI=1S/C17H27N7/c1-5-18-17(20-12-16-21-13-22-24(16)4)19-11-14(2)23(3)15-9-7-6-8-10-15/h6-10,13-14H,5,11-12H2,1-4H3,(H2,18,19,20). The van der Waals surface area contributed by atoms with Crippen LogP contribution in [0.15, 0.2) is 41.7 Å². The van der Waals surface area contributed by atoms with E-state index < -0.39 is 0 Å². The van der Waals surface area contributed by atoms with Gasteiger partial charge in [0, 0.05) is 38.9 Å². The zero-order valence-corrected chi connectivity index (χ0v) is 14.9. The summed E-state index contributed by atoms with van der Waals surface area (Å²) in [5.41, 5.74) is 1.20. The van der Waals surface area contributed by atoms with Crippen molar-refractivity contribution >= 4 is 11.6 Å². The molecular formula is C17H27N7. The van der Waals surface area contributed by atoms with Gasteiger partial charge < -0.3 is 15.5 Å². The van der Waals surface area contributed by atoms with Crippen LogP contribution in [0.3, 0.4) is 0 Å². The topological polar surface area (TPSA) is 70.4 Å². The number of hydrogen-bond acceptors (Lipinski definition) is 4. The van der Waals surface area contributed by atoms with Crippen molar-refractivity contribution < 1.29 is 0 Å². The quantitative estimate of drug-likeness (QED) is 0.593. The van der Waals surface area contributed by atoms with Crippen molar-refractivity contribution in [1.82, 2.24) is 25.4 Å². The number of nitrogens with zero attached hydrogens (tertiary/aromatic N) is 5. The highest BCUT2D eigenvalue weighted by atomic mass is 15.3. The van der Waals surface area contributed by atoms with Crippen molar-refractivity contribution in [2.24, 2.45) is 12.0 Å². The van der Waals surface area contributed by atoms with Crippen LogP contribution in [0.2, 0.25) is 0 Å². The van der Waals surface area contributed by atoms with Crippen LogP contribution in [-0.2, 0) is 13.6 Å². The summed E-state index contributed by atoms with van der Waals surface area (Å²) in [7, 11) is 3.97. The van der Waals surface area contributed by atoms with E-state index in [1.54, 1.807) is 11.0 Å². The van der Waals surface area contributed by atoms with E-state index in [2.05, 4.69) is 75.8 Å². The molecule has 0 fully saturated rings. The van der Waals surface area contributed by atoms with Gasteiger partial charge >= 0.3 is 0 Å². The van der Waals surface area contributed by atoms with Gasteiger partial charge in [0.25, 0.3) is 0 Å². The van der Waals surface area contributed by atoms with Gasteiger partial charge in [0.1, 0.15) is 18.7 Å². The summed E-state index contributed by atoms with van der Waals surface area (Å²) in [5.74, 6) is 1.62. The van der Waals surface area contributed by atoms with Gasteiger partial charge in [-0.05, 0) is 26.0 Å². The Morgan fingerprint density at radius 2 is 2.04 bits per heavy atom. The number of likely N-dealkylation sites (N-methyl/N-ethyl adjacent to an activating group) is 1. The largest absolute Gasteiger partial charge is 0.370 e. The molecule has 2 N–H and O–H groups in total. The summed E-state index contributed by atoms with van der Waals surface area (Å²) >= 11 is 0. The van der Waals surface area contributed by atoms with E-state index in [1.165, 1.54) is 5.69 Å². The highest BCUT2D eigenvalue weighted by Crippen LogP contribution is 2.13. The Kier molecular flexibility index (Phi) is 6.60. The Balaban J connectivity index is 1.91. The van der Waals surface area contributed by atoms with Gasteiger partial charge in [0.05, 0.1) is 0 Å². The molecule has 1 unspecified atom stereocenters. The van der Waals surface area contributed by atoms with E-state index in [9.17, 15) is 0 Å². The molecule has 0 aliphatic heterocycles. The number of aliphatic imine (C=N–C) groups is 1. The first kappa shape index (κ1) is 17.8. The maximum Gasteiger partial charge on any atom is 0.191 e. The van der Waals surface area contributed by atoms with Gasteiger partial charge in [-0.25, -0.2) is 9.98 Å². The van der Waals surface area contributed by atoms with E-state index in [0.717, 1.165) is 24.9 Å². The summed E-state index contributed by atoms with van der Waals surface area (Å²) in [5, 5.41) is 10.7. The average Bonchev–Trinajstić information content (AvgIpc) is 3.02. The second kappa shape index (κ2) is 8.90. The molecule has 2 rings (SSSR count). The minimum atomic E-state index is 0.325. The van der Waals surface area contributed by atoms with Gasteiger partial charge in [0.2, 0.25) is 0 Å². The molecule has 0 radical (unpaired) electrons. The molecule has 24 heavy (non-hydrogen) atoms. The summed E-state index contributed by atoms with van der Waals surface area (Å²) in [6, 6.07) is 10.7. The van der Waals surface area contributed by atoms with E-state index in [4.69, 9.17) is 0 Å². The average molecular weight is 329 g/mol. The predicted molar refractivity (Wildman–Crippen MR) is 98.1 cm³/mol. The highest BCUT2D eigenvalue weighted by Gasteiger charge is 2.10. The van der Waals surface area contributed by atoms with Crippen LogP contribution in [0, 0.1) is 0 Å². The number of anilines is 1. The van der Waals surface area contributed by atoms with Crippen LogP contribution in [0.25, 0.3) is 0 Å². The number of aryl methyl sites for hydroxylation is 1. The lowest BCUT2D eigenvalue weighted by molar-refractivity contribution is 0.646. The zero-order valence-electron chi connectivity index (χ0n) is 14.9. The fourth-order valence-corrected chi connectivity index (χ4v) is 2.25. The van der Waals surface area contributed by atoms with E-state index in [0.29, 0.717) is 12.6 Å². The number of benzene rings is 1. The summed E-state index contributed by atoms with van der Waals surface area (Å²) < 4.78 is 1.73. The first-order valence-corrected chi connectivity index (χ1v) is 8.24. The van der Waals surface area contributed by atoms with E-state index >= 15 is 0 Å². The fraction of sp³-hybridized carbons (Fsp3) is 0.471. The third kappa shape index (κ3) is 4.97. The Labute approximate surface area is 143 Å². The van der Waals surface area contributed by atoms with Crippen LogP contribution in [0.4, 0.5) is 5.69 Å². The molecule has 0 spiro atoms. The number of aromatic nitrogens is 3. The molecule has 130 valence electrons. The Morgan fingerprint density at radius 1 is 1.29 bits per heavy atom. The molecule has 0 aliphatic carbocycles. The number of guanidine groups is 1. The second-order valence-electron chi connectivity index (χ2n) is 5.67. The van der Waals surface area contributed by atoms with Crippen molar-refractivity contribution in [2.45, 2.75) is 26.4 Å². The molecule has 1 aromatic heterocycles. The molecule has 1 atom stereocenters. The summed E-state index contributed by atoms with van der Waals surface area (Å²) in [6.07, 6.45) is 1.54. The van der Waals surface area contributed by atoms with Crippen LogP contribution < -0.4 is 15.5 Å². The lowest BCUT2D eigenvalue weighted by Crippen LogP contribution is -2.45. The normalized spacial score (nSPS) is 12.8. The molecule has 0 amide bonds. The number of nitrogens with one attached hydrogen (secondary N) is 2. The Hall–Kier alpha value is -2.57. The van der Waals surface area contributed by atoms with Gasteiger partial charge in [-0.15, -0.1) is 0 Å². The molecule has 0 aliphatic rings. The second-order valence-corrected chi connectivity index (χ2v) is 5.67. The van der Waals surface area contributed by atoms with Gasteiger partial charge in [-0.1, -0.05) is 18.2 Å². The van der Waals surface area contributed by atoms with Crippen molar-refractivity contribution in [3.05, 3.63) is 42.5 Å². The first-order chi connectivity index (χ1) is 11.6. The van der Waals surface area contributed by atoms with Gasteiger partial charge in [0.15, 0.2) is 5.96 Å². The summed E-state index contributed by atoms with van der Waals surface area (Å²) in [4.78, 5) is 11.0. The van der Waals surface area contributed by atoms with Crippen LogP contribution >= 0.6 is 0 Å². The van der Waals surface area contributed by atoms with Crippen LogP contribution in [-0.4, -0.2) is 46.9 Å². The number of hydrogen-bond donors (Lipinski definition) is 2. The lowest BCUT2D eigenvalue weighted by atomic mass is 10.2. The molecule has 1 heterocycles. The van der Waals surface area contributed by atoms with Gasteiger partial charge in [-0.2, -0.15) is 5.10 Å². The van der Waals surface area contributed by atoms with E-state index in [1.807, 2.05) is 13.1 Å². The first-order valence-electron chi connectivity index (χ1n) is 8.24. The number of para-hydroxylation sites is 1.